The summed E-state index contributed by atoms with van der Waals surface area (Å²) in [7, 11) is 0. The summed E-state index contributed by atoms with van der Waals surface area (Å²) in [6, 6.07) is 0. The third-order valence-electron chi connectivity index (χ3n) is 9.99. The Morgan fingerprint density at radius 1 is 1.12 bits per heavy atom. The van der Waals surface area contributed by atoms with Gasteiger partial charge in [0, 0.05) is 19.0 Å². The number of morpholine rings is 1. The van der Waals surface area contributed by atoms with Crippen LogP contribution in [0.1, 0.15) is 39.0 Å². The van der Waals surface area contributed by atoms with Gasteiger partial charge in [0.1, 0.15) is 29.6 Å². The molecule has 9 nitrogen and oxygen atoms in total. The van der Waals surface area contributed by atoms with Gasteiger partial charge in [-0.05, 0) is 50.4 Å². The fourth-order valence-corrected chi connectivity index (χ4v) is 8.67. The first kappa shape index (κ1) is 21.6. The minimum absolute atomic E-state index is 0.139. The molecule has 0 radical (unpaired) electrons. The van der Waals surface area contributed by atoms with E-state index in [4.69, 9.17) is 23.7 Å². The Hall–Kier alpha value is -1.71. The van der Waals surface area contributed by atoms with E-state index in [-0.39, 0.29) is 6.54 Å². The Labute approximate surface area is 198 Å². The van der Waals surface area contributed by atoms with E-state index in [2.05, 4.69) is 6.92 Å². The molecule has 4 aliphatic heterocycles. The van der Waals surface area contributed by atoms with Crippen LogP contribution in [-0.4, -0.2) is 85.7 Å². The predicted octanol–water partition coefficient (Wildman–Crippen LogP) is 0.927. The van der Waals surface area contributed by atoms with Crippen molar-refractivity contribution >= 4 is 17.9 Å². The molecule has 0 aromatic carbocycles. The molecule has 9 heteroatoms. The third kappa shape index (κ3) is 3.05. The highest BCUT2D eigenvalue weighted by molar-refractivity contribution is 5.87. The Morgan fingerprint density at radius 2 is 1.91 bits per heavy atom. The van der Waals surface area contributed by atoms with Gasteiger partial charge in [-0.15, -0.1) is 0 Å². The molecule has 3 saturated carbocycles. The van der Waals surface area contributed by atoms with Gasteiger partial charge >= 0.3 is 17.9 Å². The lowest BCUT2D eigenvalue weighted by molar-refractivity contribution is -0.179. The molecule has 0 spiro atoms. The first-order valence-corrected chi connectivity index (χ1v) is 13.0. The van der Waals surface area contributed by atoms with Crippen molar-refractivity contribution < 1.29 is 38.1 Å². The van der Waals surface area contributed by atoms with E-state index in [1.54, 1.807) is 0 Å². The van der Waals surface area contributed by atoms with Crippen LogP contribution >= 0.6 is 0 Å². The van der Waals surface area contributed by atoms with Gasteiger partial charge in [0.15, 0.2) is 12.2 Å². The van der Waals surface area contributed by atoms with Crippen molar-refractivity contribution in [2.45, 2.75) is 69.0 Å². The van der Waals surface area contributed by atoms with E-state index >= 15 is 0 Å². The topological polar surface area (TPSA) is 101 Å². The summed E-state index contributed by atoms with van der Waals surface area (Å²) in [6.45, 7) is 4.72. The Bertz CT molecular complexity index is 903. The second-order valence-electron chi connectivity index (χ2n) is 11.7. The average molecular weight is 476 g/mol. The van der Waals surface area contributed by atoms with E-state index < -0.39 is 59.8 Å². The molecule has 34 heavy (non-hydrogen) atoms. The number of hydrogen-bond acceptors (Lipinski definition) is 9. The van der Waals surface area contributed by atoms with Gasteiger partial charge in [0.25, 0.3) is 0 Å². The first-order chi connectivity index (χ1) is 16.4. The number of ether oxygens (including phenoxy) is 5. The predicted molar refractivity (Wildman–Crippen MR) is 114 cm³/mol. The van der Waals surface area contributed by atoms with Gasteiger partial charge in [-0.25, -0.2) is 0 Å². The Kier molecular flexibility index (Phi) is 4.85. The maximum absolute atomic E-state index is 13.6. The number of rotatable bonds is 5. The molecule has 11 atom stereocenters. The summed E-state index contributed by atoms with van der Waals surface area (Å²) < 4.78 is 28.9. The van der Waals surface area contributed by atoms with Crippen molar-refractivity contribution in [3.63, 3.8) is 0 Å². The van der Waals surface area contributed by atoms with Crippen LogP contribution in [0.5, 0.6) is 0 Å². The van der Waals surface area contributed by atoms with Gasteiger partial charge in [0.2, 0.25) is 0 Å². The summed E-state index contributed by atoms with van der Waals surface area (Å²) in [6.07, 6.45) is 3.19. The molecular weight excluding hydrogens is 442 g/mol. The minimum atomic E-state index is -0.784. The van der Waals surface area contributed by atoms with Crippen LogP contribution < -0.4 is 0 Å². The number of carbonyl (C=O) groups excluding carboxylic acids is 3. The minimum Gasteiger partial charge on any atom is -0.459 e. The van der Waals surface area contributed by atoms with Crippen molar-refractivity contribution in [2.75, 3.05) is 32.8 Å². The van der Waals surface area contributed by atoms with Crippen LogP contribution in [0.2, 0.25) is 0 Å². The fraction of sp³-hybridized carbons (Fsp3) is 0.880. The van der Waals surface area contributed by atoms with Crippen LogP contribution in [0.3, 0.4) is 0 Å². The van der Waals surface area contributed by atoms with Gasteiger partial charge in [-0.2, -0.15) is 0 Å². The number of fused-ring (bicyclic) bond motifs is 6. The van der Waals surface area contributed by atoms with E-state index in [0.29, 0.717) is 44.1 Å². The highest BCUT2D eigenvalue weighted by atomic mass is 16.7. The summed E-state index contributed by atoms with van der Waals surface area (Å²) in [5.41, 5.74) is -0.487. The van der Waals surface area contributed by atoms with Crippen molar-refractivity contribution in [3.8, 4) is 0 Å². The van der Waals surface area contributed by atoms with Gasteiger partial charge in [-0.1, -0.05) is 6.42 Å². The van der Waals surface area contributed by atoms with Gasteiger partial charge in [0.05, 0.1) is 19.8 Å². The molecule has 0 aromatic rings. The molecule has 3 aliphatic carbocycles. The van der Waals surface area contributed by atoms with E-state index in [1.165, 1.54) is 19.3 Å². The van der Waals surface area contributed by atoms with E-state index in [0.717, 1.165) is 18.8 Å². The van der Waals surface area contributed by atoms with Crippen LogP contribution in [-0.2, 0) is 38.1 Å². The number of hydrogen-bond donors (Lipinski definition) is 0. The number of carbonyl (C=O) groups is 3. The van der Waals surface area contributed by atoms with Crippen molar-refractivity contribution in [2.24, 2.45) is 35.5 Å². The molecule has 11 unspecified atom stereocenters. The molecule has 7 rings (SSSR count). The monoisotopic (exact) mass is 475 g/mol. The highest BCUT2D eigenvalue weighted by Crippen LogP contribution is 2.63. The summed E-state index contributed by atoms with van der Waals surface area (Å²) in [4.78, 5) is 40.9. The summed E-state index contributed by atoms with van der Waals surface area (Å²) in [5.74, 6) is -0.201. The van der Waals surface area contributed by atoms with Crippen molar-refractivity contribution in [1.29, 1.82) is 0 Å². The van der Waals surface area contributed by atoms with Crippen LogP contribution in [0.25, 0.3) is 0 Å². The molecule has 4 heterocycles. The van der Waals surface area contributed by atoms with Crippen LogP contribution in [0, 0.1) is 35.5 Å². The molecule has 0 amide bonds. The lowest BCUT2D eigenvalue weighted by Crippen LogP contribution is -2.51. The maximum atomic E-state index is 13.6. The van der Waals surface area contributed by atoms with Crippen molar-refractivity contribution in [3.05, 3.63) is 0 Å². The normalized spacial score (nSPS) is 50.4. The summed E-state index contributed by atoms with van der Waals surface area (Å²) in [5, 5.41) is 0. The van der Waals surface area contributed by atoms with E-state index in [9.17, 15) is 14.4 Å². The fourth-order valence-electron chi connectivity index (χ4n) is 8.67. The Balaban J connectivity index is 1.06. The molecular formula is C25H33NO8. The number of nitrogens with zero attached hydrogens (tertiary/aromatic N) is 1. The zero-order chi connectivity index (χ0) is 23.2. The molecule has 186 valence electrons. The zero-order valence-corrected chi connectivity index (χ0v) is 19.6. The lowest BCUT2D eigenvalue weighted by Gasteiger charge is -2.41. The quantitative estimate of drug-likeness (QED) is 0.425. The average Bonchev–Trinajstić information content (AvgIpc) is 3.60. The van der Waals surface area contributed by atoms with Gasteiger partial charge in [-0.3, -0.25) is 19.3 Å². The smallest absolute Gasteiger partial charge is 0.320 e. The molecule has 7 aliphatic rings. The van der Waals surface area contributed by atoms with Crippen molar-refractivity contribution in [1.82, 2.24) is 4.90 Å². The van der Waals surface area contributed by atoms with E-state index in [1.807, 2.05) is 4.90 Å². The van der Waals surface area contributed by atoms with Crippen LogP contribution in [0.4, 0.5) is 0 Å². The molecule has 4 bridgehead atoms. The molecule has 0 N–H and O–H groups in total. The first-order valence-electron chi connectivity index (χ1n) is 13.0. The molecule has 7 fully saturated rings. The second-order valence-corrected chi connectivity index (χ2v) is 11.7. The SMILES string of the molecule is CC1(OC(=O)C2C3OC4C(OC(=O)C42)C3OC(=O)CN2CCOCC2)CC2CC1C1CCCC21. The summed E-state index contributed by atoms with van der Waals surface area (Å²) >= 11 is 0. The Morgan fingerprint density at radius 3 is 2.74 bits per heavy atom. The molecule has 0 aromatic heterocycles. The third-order valence-corrected chi connectivity index (χ3v) is 9.99. The highest BCUT2D eigenvalue weighted by Gasteiger charge is 2.72. The molecule has 4 saturated heterocycles. The lowest BCUT2D eigenvalue weighted by atomic mass is 9.73. The van der Waals surface area contributed by atoms with Gasteiger partial charge < -0.3 is 23.7 Å². The largest absolute Gasteiger partial charge is 0.459 e. The maximum Gasteiger partial charge on any atom is 0.320 e. The second kappa shape index (κ2) is 7.64. The zero-order valence-electron chi connectivity index (χ0n) is 19.6. The van der Waals surface area contributed by atoms with Crippen LogP contribution in [0.15, 0.2) is 0 Å². The number of esters is 3. The standard InChI is InChI=1S/C25H33NO8/c1-25(10-12-9-15(25)14-4-2-3-13(12)14)34-24(29)18-17-19-22(33-23(17)28)21(20(18)32-19)31-16(27)11-26-5-7-30-8-6-26/h12-15,17-22H,2-11H2,1H3.